The summed E-state index contributed by atoms with van der Waals surface area (Å²) in [5.41, 5.74) is 0.794. The third kappa shape index (κ3) is 4.20. The number of nitrogens with zero attached hydrogens (tertiary/aromatic N) is 3. The highest BCUT2D eigenvalue weighted by atomic mass is 16.5. The summed E-state index contributed by atoms with van der Waals surface area (Å²) >= 11 is 0. The third-order valence-corrected chi connectivity index (χ3v) is 2.21. The van der Waals surface area contributed by atoms with Crippen LogP contribution in [-0.4, -0.2) is 43.2 Å². The number of anilines is 1. The average molecular weight is 253 g/mol. The van der Waals surface area contributed by atoms with Crippen LogP contribution in [0, 0.1) is 6.92 Å². The minimum Gasteiger partial charge on any atom is -0.478 e. The van der Waals surface area contributed by atoms with Crippen LogP contribution in [0.25, 0.3) is 0 Å². The molecule has 100 valence electrons. The minimum absolute atomic E-state index is 0.104. The zero-order valence-electron chi connectivity index (χ0n) is 11.3. The van der Waals surface area contributed by atoms with E-state index in [4.69, 9.17) is 4.74 Å². The number of hydrogen-bond donors (Lipinski definition) is 0. The van der Waals surface area contributed by atoms with Gasteiger partial charge in [-0.2, -0.15) is 4.98 Å². The molecule has 0 aliphatic rings. The number of methoxy groups -OCH3 is 1. The number of rotatable bonds is 6. The molecular formula is C12H19N3O3. The first-order chi connectivity index (χ1) is 8.56. The van der Waals surface area contributed by atoms with E-state index in [0.29, 0.717) is 18.4 Å². The lowest BCUT2D eigenvalue weighted by Gasteiger charge is -2.16. The summed E-state index contributed by atoms with van der Waals surface area (Å²) in [5, 5.41) is 0. The van der Waals surface area contributed by atoms with Crippen molar-refractivity contribution in [2.75, 3.05) is 32.2 Å². The predicted octanol–water partition coefficient (Wildman–Crippen LogP) is 1.18. The van der Waals surface area contributed by atoms with Gasteiger partial charge >= 0.3 is 5.97 Å². The number of carbonyl (C=O) groups excluding carboxylic acids is 1. The van der Waals surface area contributed by atoms with Crippen LogP contribution < -0.4 is 9.64 Å². The van der Waals surface area contributed by atoms with Crippen LogP contribution in [0.2, 0.25) is 0 Å². The fourth-order valence-electron chi connectivity index (χ4n) is 1.30. The number of esters is 1. The molecule has 0 aliphatic heterocycles. The van der Waals surface area contributed by atoms with Gasteiger partial charge in [0.25, 0.3) is 0 Å². The normalized spacial score (nSPS) is 10.0. The van der Waals surface area contributed by atoms with Crippen molar-refractivity contribution in [1.82, 2.24) is 9.97 Å². The Morgan fingerprint density at radius 2 is 2.17 bits per heavy atom. The Hall–Kier alpha value is -1.85. The summed E-state index contributed by atoms with van der Waals surface area (Å²) in [5.74, 6) is 0.640. The maximum atomic E-state index is 11.2. The molecule has 6 heteroatoms. The van der Waals surface area contributed by atoms with Crippen LogP contribution in [-0.2, 0) is 9.53 Å². The quantitative estimate of drug-likeness (QED) is 0.709. The second-order valence-corrected chi connectivity index (χ2v) is 3.93. The number of aromatic nitrogens is 2. The van der Waals surface area contributed by atoms with Gasteiger partial charge in [-0.1, -0.05) is 6.92 Å². The third-order valence-electron chi connectivity index (χ3n) is 2.21. The van der Waals surface area contributed by atoms with Crippen molar-refractivity contribution < 1.29 is 14.3 Å². The first kappa shape index (κ1) is 14.2. The zero-order chi connectivity index (χ0) is 13.5. The molecular weight excluding hydrogens is 234 g/mol. The van der Waals surface area contributed by atoms with E-state index in [2.05, 4.69) is 14.7 Å². The second-order valence-electron chi connectivity index (χ2n) is 3.93. The van der Waals surface area contributed by atoms with Crippen molar-refractivity contribution in [2.24, 2.45) is 0 Å². The fraction of sp³-hybridized carbons (Fsp3) is 0.583. The van der Waals surface area contributed by atoms with E-state index in [1.54, 1.807) is 18.0 Å². The molecule has 0 radical (unpaired) electrons. The van der Waals surface area contributed by atoms with Crippen molar-refractivity contribution in [1.29, 1.82) is 0 Å². The average Bonchev–Trinajstić information content (AvgIpc) is 2.35. The predicted molar refractivity (Wildman–Crippen MR) is 67.8 cm³/mol. The largest absolute Gasteiger partial charge is 0.478 e. The van der Waals surface area contributed by atoms with Gasteiger partial charge in [0.15, 0.2) is 0 Å². The number of aryl methyl sites for hydroxylation is 1. The summed E-state index contributed by atoms with van der Waals surface area (Å²) < 4.78 is 10.1. The van der Waals surface area contributed by atoms with Crippen LogP contribution in [0.1, 0.15) is 19.0 Å². The summed E-state index contributed by atoms with van der Waals surface area (Å²) in [7, 11) is 3.08. The first-order valence-corrected chi connectivity index (χ1v) is 5.83. The zero-order valence-corrected chi connectivity index (χ0v) is 11.3. The lowest BCUT2D eigenvalue weighted by Crippen LogP contribution is -2.28. The number of carbonyl (C=O) groups is 1. The molecule has 0 aliphatic carbocycles. The van der Waals surface area contributed by atoms with Gasteiger partial charge < -0.3 is 14.4 Å². The fourth-order valence-corrected chi connectivity index (χ4v) is 1.30. The highest BCUT2D eigenvalue weighted by molar-refractivity contribution is 5.74. The summed E-state index contributed by atoms with van der Waals surface area (Å²) in [4.78, 5) is 21.3. The van der Waals surface area contributed by atoms with E-state index in [0.717, 1.165) is 12.1 Å². The molecule has 1 aromatic rings. The molecule has 0 saturated carbocycles. The molecule has 0 fully saturated rings. The SMILES string of the molecule is CCCOc1cc(C)nc(N(C)CC(=O)OC)n1. The Morgan fingerprint density at radius 1 is 1.44 bits per heavy atom. The smallest absolute Gasteiger partial charge is 0.325 e. The minimum atomic E-state index is -0.335. The van der Waals surface area contributed by atoms with Gasteiger partial charge in [0.1, 0.15) is 6.54 Å². The summed E-state index contributed by atoms with van der Waals surface area (Å²) in [6.45, 7) is 4.60. The van der Waals surface area contributed by atoms with Crippen molar-refractivity contribution in [2.45, 2.75) is 20.3 Å². The Kier molecular flexibility index (Phi) is 5.35. The Balaban J connectivity index is 2.80. The Bertz CT molecular complexity index is 410. The van der Waals surface area contributed by atoms with Gasteiger partial charge in [0, 0.05) is 18.8 Å². The van der Waals surface area contributed by atoms with Crippen LogP contribution in [0.15, 0.2) is 6.07 Å². The van der Waals surface area contributed by atoms with Crippen molar-refractivity contribution >= 4 is 11.9 Å². The van der Waals surface area contributed by atoms with Crippen molar-refractivity contribution in [3.8, 4) is 5.88 Å². The number of likely N-dealkylation sites (N-methyl/N-ethyl adjacent to an activating group) is 1. The topological polar surface area (TPSA) is 64.5 Å². The van der Waals surface area contributed by atoms with E-state index in [-0.39, 0.29) is 12.5 Å². The maximum absolute atomic E-state index is 11.2. The molecule has 0 aromatic carbocycles. The standard InChI is InChI=1S/C12H19N3O3/c1-5-6-18-10-7-9(2)13-12(14-10)15(3)8-11(16)17-4/h7H,5-6,8H2,1-4H3. The van der Waals surface area contributed by atoms with Crippen LogP contribution >= 0.6 is 0 Å². The second kappa shape index (κ2) is 6.78. The molecule has 0 bridgehead atoms. The summed E-state index contributed by atoms with van der Waals surface area (Å²) in [6.07, 6.45) is 0.913. The summed E-state index contributed by atoms with van der Waals surface area (Å²) in [6, 6.07) is 1.77. The van der Waals surface area contributed by atoms with Gasteiger partial charge in [0.05, 0.1) is 13.7 Å². The highest BCUT2D eigenvalue weighted by Gasteiger charge is 2.11. The highest BCUT2D eigenvalue weighted by Crippen LogP contribution is 2.14. The lowest BCUT2D eigenvalue weighted by molar-refractivity contribution is -0.138. The van der Waals surface area contributed by atoms with E-state index in [1.807, 2.05) is 13.8 Å². The maximum Gasteiger partial charge on any atom is 0.325 e. The van der Waals surface area contributed by atoms with Crippen LogP contribution in [0.5, 0.6) is 5.88 Å². The van der Waals surface area contributed by atoms with Crippen molar-refractivity contribution in [3.63, 3.8) is 0 Å². The molecule has 0 N–H and O–H groups in total. The lowest BCUT2D eigenvalue weighted by atomic mass is 10.4. The van der Waals surface area contributed by atoms with Crippen LogP contribution in [0.3, 0.4) is 0 Å². The Labute approximate surface area is 107 Å². The number of hydrogen-bond acceptors (Lipinski definition) is 6. The Morgan fingerprint density at radius 3 is 2.78 bits per heavy atom. The first-order valence-electron chi connectivity index (χ1n) is 5.83. The van der Waals surface area contributed by atoms with E-state index in [9.17, 15) is 4.79 Å². The molecule has 0 saturated heterocycles. The van der Waals surface area contributed by atoms with Gasteiger partial charge in [-0.25, -0.2) is 4.98 Å². The van der Waals surface area contributed by atoms with Gasteiger partial charge in [-0.05, 0) is 13.3 Å². The van der Waals surface area contributed by atoms with Gasteiger partial charge in [0.2, 0.25) is 11.8 Å². The number of ether oxygens (including phenoxy) is 2. The molecule has 18 heavy (non-hydrogen) atoms. The van der Waals surface area contributed by atoms with E-state index >= 15 is 0 Å². The molecule has 0 atom stereocenters. The van der Waals surface area contributed by atoms with Crippen molar-refractivity contribution in [3.05, 3.63) is 11.8 Å². The molecule has 0 unspecified atom stereocenters. The molecule has 0 amide bonds. The van der Waals surface area contributed by atoms with Gasteiger partial charge in [-0.3, -0.25) is 4.79 Å². The van der Waals surface area contributed by atoms with Gasteiger partial charge in [-0.15, -0.1) is 0 Å². The molecule has 1 rings (SSSR count). The van der Waals surface area contributed by atoms with E-state index in [1.165, 1.54) is 7.11 Å². The van der Waals surface area contributed by atoms with E-state index < -0.39 is 0 Å². The molecule has 1 heterocycles. The molecule has 6 nitrogen and oxygen atoms in total. The monoisotopic (exact) mass is 253 g/mol. The molecule has 0 spiro atoms. The van der Waals surface area contributed by atoms with Crippen LogP contribution in [0.4, 0.5) is 5.95 Å². The molecule has 1 aromatic heterocycles.